The van der Waals surface area contributed by atoms with Crippen molar-refractivity contribution in [1.82, 2.24) is 5.32 Å². The number of nitrogens with one attached hydrogen (secondary N) is 1. The first-order chi connectivity index (χ1) is 11.5. The molecule has 0 radical (unpaired) electrons. The number of rotatable bonds is 6. The van der Waals surface area contributed by atoms with Gasteiger partial charge in [-0.1, -0.05) is 31.2 Å². The topological polar surface area (TPSA) is 75.6 Å². The van der Waals surface area contributed by atoms with Crippen LogP contribution in [0.3, 0.4) is 0 Å². The van der Waals surface area contributed by atoms with E-state index in [1.165, 1.54) is 0 Å². The molecule has 24 heavy (non-hydrogen) atoms. The highest BCUT2D eigenvalue weighted by Gasteiger charge is 2.11. The Morgan fingerprint density at radius 2 is 1.58 bits per heavy atom. The van der Waals surface area contributed by atoms with Gasteiger partial charge in [0.1, 0.15) is 5.75 Å². The van der Waals surface area contributed by atoms with Crippen molar-refractivity contribution < 1.29 is 19.4 Å². The number of carbonyl (C=O) groups excluding carboxylic acids is 2. The number of ether oxygens (including phenoxy) is 1. The first-order valence-electron chi connectivity index (χ1n) is 7.85. The van der Waals surface area contributed by atoms with Crippen LogP contribution in [0.15, 0.2) is 48.5 Å². The Kier molecular flexibility index (Phi) is 5.95. The van der Waals surface area contributed by atoms with Gasteiger partial charge in [0.25, 0.3) is 5.91 Å². The second-order valence-corrected chi connectivity index (χ2v) is 5.58. The Bertz CT molecular complexity index is 692. The molecule has 2 rings (SSSR count). The molecule has 0 aliphatic heterocycles. The summed E-state index contributed by atoms with van der Waals surface area (Å²) in [6.45, 7) is 3.57. The predicted octanol–water partition coefficient (Wildman–Crippen LogP) is 3.13. The zero-order valence-electron chi connectivity index (χ0n) is 13.8. The molecule has 0 spiro atoms. The summed E-state index contributed by atoms with van der Waals surface area (Å²) >= 11 is 0. The van der Waals surface area contributed by atoms with Crippen LogP contribution < -0.4 is 5.32 Å². The monoisotopic (exact) mass is 327 g/mol. The molecule has 0 aliphatic rings. The Morgan fingerprint density at radius 3 is 2.12 bits per heavy atom. The average molecular weight is 327 g/mol. The molecule has 2 N–H and O–H groups in total. The van der Waals surface area contributed by atoms with Gasteiger partial charge in [-0.15, -0.1) is 0 Å². The van der Waals surface area contributed by atoms with Crippen LogP contribution in [0.4, 0.5) is 0 Å². The van der Waals surface area contributed by atoms with Gasteiger partial charge in [0.2, 0.25) is 0 Å². The predicted molar refractivity (Wildman–Crippen MR) is 91.7 cm³/mol. The lowest BCUT2D eigenvalue weighted by atomic mass is 10.0. The summed E-state index contributed by atoms with van der Waals surface area (Å²) < 4.78 is 5.01. The van der Waals surface area contributed by atoms with E-state index in [1.807, 2.05) is 13.8 Å². The number of benzene rings is 2. The summed E-state index contributed by atoms with van der Waals surface area (Å²) in [5.74, 6) is -0.639. The van der Waals surface area contributed by atoms with Crippen molar-refractivity contribution in [1.29, 1.82) is 0 Å². The minimum Gasteiger partial charge on any atom is -0.508 e. The van der Waals surface area contributed by atoms with E-state index in [2.05, 4.69) is 5.32 Å². The van der Waals surface area contributed by atoms with Crippen molar-refractivity contribution >= 4 is 11.9 Å². The maximum atomic E-state index is 12.0. The Morgan fingerprint density at radius 1 is 1.04 bits per heavy atom. The van der Waals surface area contributed by atoms with Crippen molar-refractivity contribution in [2.75, 3.05) is 6.61 Å². The Hall–Kier alpha value is -2.82. The van der Waals surface area contributed by atoms with Gasteiger partial charge >= 0.3 is 5.97 Å². The van der Waals surface area contributed by atoms with Crippen LogP contribution in [0.2, 0.25) is 0 Å². The van der Waals surface area contributed by atoms with Crippen LogP contribution >= 0.6 is 0 Å². The fraction of sp³-hybridized carbons (Fsp3) is 0.263. The van der Waals surface area contributed by atoms with Crippen molar-refractivity contribution in [3.63, 3.8) is 0 Å². The minimum atomic E-state index is -0.536. The molecule has 0 aromatic heterocycles. The average Bonchev–Trinajstić information content (AvgIpc) is 2.60. The molecule has 0 aliphatic carbocycles. The number of phenolic OH excluding ortho intramolecular Hbond substituents is 1. The number of aromatic hydroxyl groups is 1. The molecular formula is C19H21NO4. The van der Waals surface area contributed by atoms with E-state index in [-0.39, 0.29) is 24.3 Å². The van der Waals surface area contributed by atoms with E-state index in [4.69, 9.17) is 4.74 Å². The largest absolute Gasteiger partial charge is 0.508 e. The number of phenols is 1. The van der Waals surface area contributed by atoms with Crippen molar-refractivity contribution in [3.05, 3.63) is 54.1 Å². The number of amides is 1. The lowest BCUT2D eigenvalue weighted by Gasteiger charge is -2.11. The molecule has 0 bridgehead atoms. The molecule has 0 heterocycles. The maximum Gasteiger partial charge on any atom is 0.338 e. The second-order valence-electron chi connectivity index (χ2n) is 5.58. The summed E-state index contributed by atoms with van der Waals surface area (Å²) in [5.41, 5.74) is 2.23. The highest BCUT2D eigenvalue weighted by atomic mass is 16.5. The van der Waals surface area contributed by atoms with Crippen molar-refractivity contribution in [2.45, 2.75) is 26.3 Å². The maximum absolute atomic E-state index is 12.0. The molecular weight excluding hydrogens is 306 g/mol. The van der Waals surface area contributed by atoms with E-state index in [0.717, 1.165) is 17.5 Å². The smallest absolute Gasteiger partial charge is 0.338 e. The van der Waals surface area contributed by atoms with Crippen LogP contribution in [-0.4, -0.2) is 29.6 Å². The van der Waals surface area contributed by atoms with E-state index in [0.29, 0.717) is 5.56 Å². The lowest BCUT2D eigenvalue weighted by molar-refractivity contribution is -0.124. The van der Waals surface area contributed by atoms with Crippen LogP contribution in [0.25, 0.3) is 11.1 Å². The van der Waals surface area contributed by atoms with Gasteiger partial charge in [0.05, 0.1) is 5.56 Å². The number of carbonyl (C=O) groups is 2. The summed E-state index contributed by atoms with van der Waals surface area (Å²) in [7, 11) is 0. The van der Waals surface area contributed by atoms with Crippen molar-refractivity contribution in [2.24, 2.45) is 0 Å². The number of esters is 1. The van der Waals surface area contributed by atoms with Gasteiger partial charge in [-0.05, 0) is 48.7 Å². The van der Waals surface area contributed by atoms with Gasteiger partial charge < -0.3 is 15.2 Å². The standard InChI is InChI=1S/C19H21NO4/c1-3-13(2)20-18(22)12-24-19(23)16-6-4-14(5-7-16)15-8-10-17(21)11-9-15/h4-11,13,21H,3,12H2,1-2H3,(H,20,22)/t13-/m0/s1. The number of hydrogen-bond donors (Lipinski definition) is 2. The number of hydrogen-bond acceptors (Lipinski definition) is 4. The van der Waals surface area contributed by atoms with Gasteiger partial charge in [0, 0.05) is 6.04 Å². The molecule has 2 aromatic rings. The SMILES string of the molecule is CC[C@H](C)NC(=O)COC(=O)c1ccc(-c2ccc(O)cc2)cc1. The highest BCUT2D eigenvalue weighted by Crippen LogP contribution is 2.22. The van der Waals surface area contributed by atoms with E-state index in [9.17, 15) is 14.7 Å². The first-order valence-corrected chi connectivity index (χ1v) is 7.85. The zero-order chi connectivity index (χ0) is 17.5. The van der Waals surface area contributed by atoms with E-state index >= 15 is 0 Å². The summed E-state index contributed by atoms with van der Waals surface area (Å²) in [6, 6.07) is 13.7. The molecule has 5 heteroatoms. The molecule has 126 valence electrons. The molecule has 0 saturated carbocycles. The molecule has 0 fully saturated rings. The van der Waals surface area contributed by atoms with Crippen LogP contribution in [0, 0.1) is 0 Å². The third-order valence-electron chi connectivity index (χ3n) is 3.68. The van der Waals surface area contributed by atoms with Crippen LogP contribution in [0.5, 0.6) is 5.75 Å². The van der Waals surface area contributed by atoms with E-state index < -0.39 is 5.97 Å². The third-order valence-corrected chi connectivity index (χ3v) is 3.68. The zero-order valence-corrected chi connectivity index (χ0v) is 13.8. The summed E-state index contributed by atoms with van der Waals surface area (Å²) in [4.78, 5) is 23.6. The quantitative estimate of drug-likeness (QED) is 0.799. The molecule has 5 nitrogen and oxygen atoms in total. The highest BCUT2D eigenvalue weighted by molar-refractivity contribution is 5.91. The van der Waals surface area contributed by atoms with Crippen LogP contribution in [-0.2, 0) is 9.53 Å². The summed E-state index contributed by atoms with van der Waals surface area (Å²) in [5, 5.41) is 12.0. The van der Waals surface area contributed by atoms with Gasteiger partial charge in [0.15, 0.2) is 6.61 Å². The molecule has 1 amide bonds. The summed E-state index contributed by atoms with van der Waals surface area (Å²) in [6.07, 6.45) is 0.818. The van der Waals surface area contributed by atoms with Crippen LogP contribution in [0.1, 0.15) is 30.6 Å². The van der Waals surface area contributed by atoms with Crippen molar-refractivity contribution in [3.8, 4) is 16.9 Å². The third kappa shape index (κ3) is 4.84. The normalized spacial score (nSPS) is 11.6. The molecule has 0 saturated heterocycles. The molecule has 2 aromatic carbocycles. The Balaban J connectivity index is 1.94. The lowest BCUT2D eigenvalue weighted by Crippen LogP contribution is -2.35. The van der Waals surface area contributed by atoms with Gasteiger partial charge in [-0.25, -0.2) is 4.79 Å². The fourth-order valence-electron chi connectivity index (χ4n) is 2.09. The molecule has 1 atom stereocenters. The second kappa shape index (κ2) is 8.15. The molecule has 0 unspecified atom stereocenters. The van der Waals surface area contributed by atoms with Gasteiger partial charge in [-0.3, -0.25) is 4.79 Å². The Labute approximate surface area is 141 Å². The fourth-order valence-corrected chi connectivity index (χ4v) is 2.09. The minimum absolute atomic E-state index is 0.0563. The van der Waals surface area contributed by atoms with E-state index in [1.54, 1.807) is 48.5 Å². The first kappa shape index (κ1) is 17.5. The van der Waals surface area contributed by atoms with Gasteiger partial charge in [-0.2, -0.15) is 0 Å².